The molecule has 0 aliphatic carbocycles. The van der Waals surface area contributed by atoms with E-state index in [1.807, 2.05) is 13.8 Å². The van der Waals surface area contributed by atoms with Crippen molar-refractivity contribution in [1.82, 2.24) is 14.9 Å². The Bertz CT molecular complexity index is 924. The van der Waals surface area contributed by atoms with Gasteiger partial charge < -0.3 is 10.1 Å². The summed E-state index contributed by atoms with van der Waals surface area (Å²) in [5.74, 6) is 0.0969. The Kier molecular flexibility index (Phi) is 6.57. The molecule has 0 fully saturated rings. The van der Waals surface area contributed by atoms with Crippen molar-refractivity contribution in [1.29, 1.82) is 0 Å². The number of methoxy groups -OCH3 is 1. The molecule has 0 spiro atoms. The summed E-state index contributed by atoms with van der Waals surface area (Å²) < 4.78 is 5.89. The summed E-state index contributed by atoms with van der Waals surface area (Å²) in [5.41, 5.74) is 0.830. The lowest BCUT2D eigenvalue weighted by Gasteiger charge is -2.14. The van der Waals surface area contributed by atoms with E-state index >= 15 is 0 Å². The fourth-order valence-corrected chi connectivity index (χ4v) is 2.64. The second kappa shape index (κ2) is 8.68. The third-order valence-electron chi connectivity index (χ3n) is 3.63. The molecule has 2 rings (SSSR count). The first kappa shape index (κ1) is 20.4. The van der Waals surface area contributed by atoms with Crippen LogP contribution in [-0.4, -0.2) is 34.7 Å². The molecule has 0 bridgehead atoms. The molecule has 0 atom stereocenters. The van der Waals surface area contributed by atoms with Crippen LogP contribution in [0.25, 0.3) is 11.3 Å². The summed E-state index contributed by atoms with van der Waals surface area (Å²) in [5, 5.41) is 5.68. The molecule has 144 valence electrons. The lowest BCUT2D eigenvalue weighted by molar-refractivity contribution is -0.122. The second-order valence-electron chi connectivity index (χ2n) is 6.14. The molecule has 0 aliphatic heterocycles. The van der Waals surface area contributed by atoms with Crippen molar-refractivity contribution in [2.75, 3.05) is 12.4 Å². The molecule has 2 N–H and O–H groups in total. The quantitative estimate of drug-likeness (QED) is 0.814. The van der Waals surface area contributed by atoms with Crippen molar-refractivity contribution in [2.24, 2.45) is 0 Å². The Balaban J connectivity index is 2.42. The van der Waals surface area contributed by atoms with Crippen LogP contribution in [0.3, 0.4) is 0 Å². The Hall–Kier alpha value is -2.87. The highest BCUT2D eigenvalue weighted by Crippen LogP contribution is 2.29. The maximum atomic E-state index is 12.5. The number of carbonyl (C=O) groups excluding carboxylic acids is 2. The second-order valence-corrected chi connectivity index (χ2v) is 6.58. The van der Waals surface area contributed by atoms with Crippen molar-refractivity contribution in [3.63, 3.8) is 0 Å². The van der Waals surface area contributed by atoms with Gasteiger partial charge in [0.15, 0.2) is 0 Å². The van der Waals surface area contributed by atoms with E-state index in [1.165, 1.54) is 23.8 Å². The minimum atomic E-state index is -0.672. The van der Waals surface area contributed by atoms with Gasteiger partial charge in [0, 0.05) is 22.7 Å². The lowest BCUT2D eigenvalue weighted by Crippen LogP contribution is -2.37. The first-order valence-electron chi connectivity index (χ1n) is 8.24. The van der Waals surface area contributed by atoms with Gasteiger partial charge in [0.05, 0.1) is 18.5 Å². The topological polar surface area (TPSA) is 102 Å². The summed E-state index contributed by atoms with van der Waals surface area (Å²) in [6.45, 7) is 5.19. The molecule has 1 aromatic heterocycles. The Labute approximate surface area is 161 Å². The molecule has 0 aliphatic rings. The van der Waals surface area contributed by atoms with Crippen LogP contribution in [0.15, 0.2) is 29.1 Å². The predicted octanol–water partition coefficient (Wildman–Crippen LogP) is 2.58. The molecule has 27 heavy (non-hydrogen) atoms. The van der Waals surface area contributed by atoms with E-state index < -0.39 is 6.09 Å². The average molecular weight is 393 g/mol. The highest BCUT2D eigenvalue weighted by atomic mass is 35.5. The summed E-state index contributed by atoms with van der Waals surface area (Å²) >= 11 is 5.99. The smallest absolute Gasteiger partial charge is 0.411 e. The maximum Gasteiger partial charge on any atom is 0.411 e. The number of benzene rings is 1. The third kappa shape index (κ3) is 5.30. The van der Waals surface area contributed by atoms with Crippen LogP contribution in [0.4, 0.5) is 10.5 Å². The molecule has 9 heteroatoms. The van der Waals surface area contributed by atoms with Gasteiger partial charge in [-0.15, -0.1) is 0 Å². The summed E-state index contributed by atoms with van der Waals surface area (Å²) in [7, 11) is 1.24. The number of aromatic nitrogens is 2. The van der Waals surface area contributed by atoms with E-state index in [4.69, 9.17) is 11.6 Å². The van der Waals surface area contributed by atoms with E-state index in [-0.39, 0.29) is 24.1 Å². The van der Waals surface area contributed by atoms with E-state index in [0.717, 1.165) is 0 Å². The highest BCUT2D eigenvalue weighted by molar-refractivity contribution is 6.31. The number of aryl methyl sites for hydroxylation is 1. The number of halogens is 1. The number of nitrogens with zero attached hydrogens (tertiary/aromatic N) is 2. The molecular formula is C18H21ClN4O4. The molecule has 2 aromatic rings. The minimum absolute atomic E-state index is 0.0261. The number of hydrogen-bond donors (Lipinski definition) is 2. The van der Waals surface area contributed by atoms with Gasteiger partial charge in [0.25, 0.3) is 5.56 Å². The van der Waals surface area contributed by atoms with Crippen molar-refractivity contribution in [2.45, 2.75) is 33.4 Å². The van der Waals surface area contributed by atoms with Crippen molar-refractivity contribution >= 4 is 29.3 Å². The average Bonchev–Trinajstić information content (AvgIpc) is 2.57. The van der Waals surface area contributed by atoms with Gasteiger partial charge in [-0.2, -0.15) is 0 Å². The highest BCUT2D eigenvalue weighted by Gasteiger charge is 2.15. The van der Waals surface area contributed by atoms with Gasteiger partial charge in [0.1, 0.15) is 12.4 Å². The summed E-state index contributed by atoms with van der Waals surface area (Å²) in [6.07, 6.45) is -0.672. The van der Waals surface area contributed by atoms with Gasteiger partial charge >= 0.3 is 6.09 Å². The largest absolute Gasteiger partial charge is 0.453 e. The van der Waals surface area contributed by atoms with Crippen molar-refractivity contribution in [3.05, 3.63) is 45.5 Å². The normalized spacial score (nSPS) is 10.6. The number of amides is 2. The van der Waals surface area contributed by atoms with Gasteiger partial charge in [-0.05, 0) is 39.0 Å². The SMILES string of the molecule is COC(=O)Nc1cc(Cl)ccc1-c1cc(=O)n(CC(=O)NC(C)C)c(C)n1. The monoisotopic (exact) mass is 392 g/mol. The number of hydrogen-bond acceptors (Lipinski definition) is 5. The zero-order valence-corrected chi connectivity index (χ0v) is 16.3. The lowest BCUT2D eigenvalue weighted by atomic mass is 10.1. The van der Waals surface area contributed by atoms with E-state index in [2.05, 4.69) is 20.4 Å². The first-order chi connectivity index (χ1) is 12.7. The summed E-state index contributed by atoms with van der Waals surface area (Å²) in [4.78, 5) is 40.4. The Morgan fingerprint density at radius 3 is 2.59 bits per heavy atom. The van der Waals surface area contributed by atoms with E-state index in [0.29, 0.717) is 27.8 Å². The fraction of sp³-hybridized carbons (Fsp3) is 0.333. The van der Waals surface area contributed by atoms with E-state index in [1.54, 1.807) is 19.1 Å². The molecule has 0 saturated carbocycles. The Morgan fingerprint density at radius 1 is 1.30 bits per heavy atom. The molecule has 0 saturated heterocycles. The third-order valence-corrected chi connectivity index (χ3v) is 3.87. The van der Waals surface area contributed by atoms with Crippen LogP contribution in [0.2, 0.25) is 5.02 Å². The van der Waals surface area contributed by atoms with Crippen molar-refractivity contribution < 1.29 is 14.3 Å². The van der Waals surface area contributed by atoms with Gasteiger partial charge in [-0.25, -0.2) is 9.78 Å². The number of nitrogens with one attached hydrogen (secondary N) is 2. The number of carbonyl (C=O) groups is 2. The summed E-state index contributed by atoms with van der Waals surface area (Å²) in [6, 6.07) is 6.08. The van der Waals surface area contributed by atoms with Gasteiger partial charge in [-0.3, -0.25) is 19.5 Å². The van der Waals surface area contributed by atoms with Crippen LogP contribution < -0.4 is 16.2 Å². The molecule has 1 heterocycles. The molecule has 1 aromatic carbocycles. The number of ether oxygens (including phenoxy) is 1. The predicted molar refractivity (Wildman–Crippen MR) is 103 cm³/mol. The minimum Gasteiger partial charge on any atom is -0.453 e. The van der Waals surface area contributed by atoms with Crippen LogP contribution in [0.1, 0.15) is 19.7 Å². The maximum absolute atomic E-state index is 12.5. The Morgan fingerprint density at radius 2 is 2.00 bits per heavy atom. The van der Waals surface area contributed by atoms with Crippen LogP contribution in [0, 0.1) is 6.92 Å². The first-order valence-corrected chi connectivity index (χ1v) is 8.61. The van der Waals surface area contributed by atoms with Crippen LogP contribution >= 0.6 is 11.6 Å². The van der Waals surface area contributed by atoms with Gasteiger partial charge in [0.2, 0.25) is 5.91 Å². The van der Waals surface area contributed by atoms with Crippen molar-refractivity contribution in [3.8, 4) is 11.3 Å². The molecule has 0 unspecified atom stereocenters. The molecule has 0 radical (unpaired) electrons. The molecule has 2 amide bonds. The zero-order valence-electron chi connectivity index (χ0n) is 15.5. The standard InChI is InChI=1S/C18H21ClN4O4/c1-10(2)20-16(24)9-23-11(3)21-15(8-17(23)25)13-6-5-12(19)7-14(13)22-18(26)27-4/h5-8,10H,9H2,1-4H3,(H,20,24)(H,22,26). The van der Waals surface area contributed by atoms with E-state index in [9.17, 15) is 14.4 Å². The number of anilines is 1. The van der Waals surface area contributed by atoms with Crippen LogP contribution in [-0.2, 0) is 16.1 Å². The molecule has 8 nitrogen and oxygen atoms in total. The fourth-order valence-electron chi connectivity index (χ4n) is 2.47. The zero-order chi connectivity index (χ0) is 20.1. The van der Waals surface area contributed by atoms with Crippen LogP contribution in [0.5, 0.6) is 0 Å². The molecular weight excluding hydrogens is 372 g/mol. The van der Waals surface area contributed by atoms with Gasteiger partial charge in [-0.1, -0.05) is 11.6 Å². The number of rotatable bonds is 5.